The van der Waals surface area contributed by atoms with Crippen LogP contribution in [0.5, 0.6) is 0 Å². The molecule has 90 valence electrons. The van der Waals surface area contributed by atoms with E-state index in [9.17, 15) is 0 Å². The molecule has 1 aliphatic carbocycles. The fourth-order valence-electron chi connectivity index (χ4n) is 2.62. The molecule has 0 aromatic carbocycles. The van der Waals surface area contributed by atoms with E-state index in [1.807, 2.05) is 6.20 Å². The predicted molar refractivity (Wildman–Crippen MR) is 70.6 cm³/mol. The standard InChI is InChI=1S/C13H18N4/c1-9-2-4-10(5-3-9)17-13-6-11-12(7-14-13)16-8-15-11/h7-10H,2-6H2,1H3,(H,14,17)/t9-,10-. The van der Waals surface area contributed by atoms with Crippen molar-refractivity contribution in [1.82, 2.24) is 5.32 Å². The predicted octanol–water partition coefficient (Wildman–Crippen LogP) is 2.28. The molecule has 0 spiro atoms. The molecule has 0 aromatic heterocycles. The highest BCUT2D eigenvalue weighted by Crippen LogP contribution is 2.24. The van der Waals surface area contributed by atoms with Gasteiger partial charge in [0.05, 0.1) is 18.3 Å². The quantitative estimate of drug-likeness (QED) is 0.738. The normalized spacial score (nSPS) is 31.5. The van der Waals surface area contributed by atoms with Gasteiger partial charge >= 0.3 is 0 Å². The van der Waals surface area contributed by atoms with Crippen LogP contribution in [0.15, 0.2) is 26.9 Å². The highest BCUT2D eigenvalue weighted by Gasteiger charge is 2.22. The van der Waals surface area contributed by atoms with Crippen molar-refractivity contribution in [2.45, 2.75) is 45.1 Å². The summed E-state index contributed by atoms with van der Waals surface area (Å²) in [7, 11) is 0. The molecule has 0 atom stereocenters. The lowest BCUT2D eigenvalue weighted by Gasteiger charge is -2.28. The van der Waals surface area contributed by atoms with E-state index in [0.29, 0.717) is 6.04 Å². The lowest BCUT2D eigenvalue weighted by molar-refractivity contribution is 0.330. The average molecular weight is 230 g/mol. The first-order valence-corrected chi connectivity index (χ1v) is 6.44. The number of hydrogen-bond acceptors (Lipinski definition) is 4. The molecule has 0 bridgehead atoms. The summed E-state index contributed by atoms with van der Waals surface area (Å²) < 4.78 is 0. The summed E-state index contributed by atoms with van der Waals surface area (Å²) in [6.45, 7) is 2.34. The van der Waals surface area contributed by atoms with E-state index >= 15 is 0 Å². The Hall–Kier alpha value is -1.45. The van der Waals surface area contributed by atoms with Crippen LogP contribution in [-0.2, 0) is 0 Å². The minimum atomic E-state index is 0.600. The van der Waals surface area contributed by atoms with Gasteiger partial charge in [0.15, 0.2) is 0 Å². The SMILES string of the molecule is C[C@H]1CC[C@H](NC2=NC=C3N=CN=C3C2)CC1. The van der Waals surface area contributed by atoms with Crippen LogP contribution < -0.4 is 5.32 Å². The van der Waals surface area contributed by atoms with Gasteiger partial charge in [0, 0.05) is 6.04 Å². The van der Waals surface area contributed by atoms with Crippen LogP contribution in [0.2, 0.25) is 0 Å². The molecule has 2 aliphatic heterocycles. The third kappa shape index (κ3) is 2.30. The zero-order valence-corrected chi connectivity index (χ0v) is 10.2. The Kier molecular flexibility index (Phi) is 2.79. The molecular formula is C13H18N4. The van der Waals surface area contributed by atoms with Crippen LogP contribution in [-0.4, -0.2) is 23.9 Å². The third-order valence-corrected chi connectivity index (χ3v) is 3.77. The average Bonchev–Trinajstić information content (AvgIpc) is 2.79. The van der Waals surface area contributed by atoms with E-state index in [1.165, 1.54) is 25.7 Å². The molecule has 2 heterocycles. The molecule has 0 unspecified atom stereocenters. The largest absolute Gasteiger partial charge is 0.370 e. The second kappa shape index (κ2) is 4.43. The van der Waals surface area contributed by atoms with E-state index in [4.69, 9.17) is 0 Å². The number of fused-ring (bicyclic) bond motifs is 1. The summed E-state index contributed by atoms with van der Waals surface area (Å²) in [4.78, 5) is 12.8. The summed E-state index contributed by atoms with van der Waals surface area (Å²) in [5.41, 5.74) is 1.97. The van der Waals surface area contributed by atoms with Gasteiger partial charge in [-0.2, -0.15) is 0 Å². The van der Waals surface area contributed by atoms with Gasteiger partial charge in [0.25, 0.3) is 0 Å². The van der Waals surface area contributed by atoms with Gasteiger partial charge in [0.2, 0.25) is 0 Å². The Labute approximate surface area is 102 Å². The Morgan fingerprint density at radius 3 is 2.82 bits per heavy atom. The van der Waals surface area contributed by atoms with Crippen LogP contribution in [0.4, 0.5) is 0 Å². The van der Waals surface area contributed by atoms with E-state index in [0.717, 1.165) is 29.6 Å². The molecule has 0 amide bonds. The van der Waals surface area contributed by atoms with Crippen molar-refractivity contribution in [3.05, 3.63) is 11.9 Å². The molecular weight excluding hydrogens is 212 g/mol. The number of allylic oxidation sites excluding steroid dienone is 1. The van der Waals surface area contributed by atoms with Gasteiger partial charge in [0.1, 0.15) is 17.9 Å². The van der Waals surface area contributed by atoms with Crippen molar-refractivity contribution in [3.8, 4) is 0 Å². The van der Waals surface area contributed by atoms with Gasteiger partial charge in [-0.25, -0.2) is 15.0 Å². The number of hydrogen-bond donors (Lipinski definition) is 1. The van der Waals surface area contributed by atoms with E-state index in [-0.39, 0.29) is 0 Å². The second-order valence-electron chi connectivity index (χ2n) is 5.19. The Bertz CT molecular complexity index is 423. The van der Waals surface area contributed by atoms with Crippen molar-refractivity contribution >= 4 is 17.9 Å². The fraction of sp³-hybridized carbons (Fsp3) is 0.615. The minimum Gasteiger partial charge on any atom is -0.370 e. The molecule has 1 saturated carbocycles. The maximum absolute atomic E-state index is 4.43. The topological polar surface area (TPSA) is 49.1 Å². The van der Waals surface area contributed by atoms with Gasteiger partial charge in [-0.05, 0) is 31.6 Å². The van der Waals surface area contributed by atoms with Crippen molar-refractivity contribution in [1.29, 1.82) is 0 Å². The van der Waals surface area contributed by atoms with E-state index in [1.54, 1.807) is 6.34 Å². The number of nitrogens with one attached hydrogen (secondary N) is 1. The Balaban J connectivity index is 1.60. The minimum absolute atomic E-state index is 0.600. The lowest BCUT2D eigenvalue weighted by Crippen LogP contribution is -2.39. The molecule has 0 aromatic rings. The zero-order valence-electron chi connectivity index (χ0n) is 10.2. The van der Waals surface area contributed by atoms with Gasteiger partial charge in [-0.1, -0.05) is 6.92 Å². The molecule has 0 saturated heterocycles. The van der Waals surface area contributed by atoms with E-state index in [2.05, 4.69) is 27.2 Å². The Morgan fingerprint density at radius 1 is 1.18 bits per heavy atom. The monoisotopic (exact) mass is 230 g/mol. The molecule has 1 fully saturated rings. The summed E-state index contributed by atoms with van der Waals surface area (Å²) in [6.07, 6.45) is 9.42. The summed E-state index contributed by atoms with van der Waals surface area (Å²) in [6, 6.07) is 0.600. The number of nitrogens with zero attached hydrogens (tertiary/aromatic N) is 3. The van der Waals surface area contributed by atoms with Crippen molar-refractivity contribution < 1.29 is 0 Å². The first-order valence-electron chi connectivity index (χ1n) is 6.44. The van der Waals surface area contributed by atoms with Gasteiger partial charge in [-0.3, -0.25) is 0 Å². The van der Waals surface area contributed by atoms with E-state index < -0.39 is 0 Å². The van der Waals surface area contributed by atoms with Crippen LogP contribution in [0.1, 0.15) is 39.0 Å². The molecule has 3 aliphatic rings. The maximum Gasteiger partial charge on any atom is 0.116 e. The van der Waals surface area contributed by atoms with Crippen molar-refractivity contribution in [2.75, 3.05) is 0 Å². The summed E-state index contributed by atoms with van der Waals surface area (Å²) >= 11 is 0. The second-order valence-corrected chi connectivity index (χ2v) is 5.19. The van der Waals surface area contributed by atoms with Crippen molar-refractivity contribution in [2.24, 2.45) is 20.9 Å². The summed E-state index contributed by atoms with van der Waals surface area (Å²) in [5, 5.41) is 3.56. The van der Waals surface area contributed by atoms with Crippen LogP contribution in [0.25, 0.3) is 0 Å². The fourth-order valence-corrected chi connectivity index (χ4v) is 2.62. The molecule has 4 nitrogen and oxygen atoms in total. The summed E-state index contributed by atoms with van der Waals surface area (Å²) in [5.74, 6) is 1.94. The maximum atomic E-state index is 4.43. The lowest BCUT2D eigenvalue weighted by atomic mass is 9.87. The number of aliphatic imine (C=N–C) groups is 3. The first kappa shape index (κ1) is 10.7. The third-order valence-electron chi connectivity index (χ3n) is 3.77. The van der Waals surface area contributed by atoms with Gasteiger partial charge in [-0.15, -0.1) is 0 Å². The zero-order chi connectivity index (χ0) is 11.7. The molecule has 4 heteroatoms. The van der Waals surface area contributed by atoms with Crippen LogP contribution >= 0.6 is 0 Å². The molecule has 17 heavy (non-hydrogen) atoms. The Morgan fingerprint density at radius 2 is 2.00 bits per heavy atom. The van der Waals surface area contributed by atoms with Crippen LogP contribution in [0.3, 0.4) is 0 Å². The molecule has 3 rings (SSSR count). The molecule has 0 radical (unpaired) electrons. The van der Waals surface area contributed by atoms with Crippen molar-refractivity contribution in [3.63, 3.8) is 0 Å². The smallest absolute Gasteiger partial charge is 0.116 e. The highest BCUT2D eigenvalue weighted by molar-refractivity contribution is 6.17. The number of rotatable bonds is 1. The number of amidine groups is 1. The molecule has 1 N–H and O–H groups in total. The first-order chi connectivity index (χ1) is 8.31. The van der Waals surface area contributed by atoms with Crippen LogP contribution in [0, 0.1) is 5.92 Å². The van der Waals surface area contributed by atoms with Gasteiger partial charge < -0.3 is 5.32 Å². The highest BCUT2D eigenvalue weighted by atomic mass is 15.1.